The first-order valence-electron chi connectivity index (χ1n) is 9.70. The van der Waals surface area contributed by atoms with Gasteiger partial charge in [0.05, 0.1) is 12.5 Å². The number of ether oxygens (including phenoxy) is 2. The maximum atomic E-state index is 10.8. The van der Waals surface area contributed by atoms with Crippen LogP contribution in [0.1, 0.15) is 37.3 Å². The van der Waals surface area contributed by atoms with Crippen molar-refractivity contribution in [1.29, 1.82) is 0 Å². The number of aliphatic hydroxyl groups excluding tert-OH is 1. The van der Waals surface area contributed by atoms with Crippen LogP contribution in [-0.4, -0.2) is 40.9 Å². The Kier molecular flexibility index (Phi) is 5.29. The molecule has 0 spiro atoms. The lowest BCUT2D eigenvalue weighted by molar-refractivity contribution is 0.131. The molecule has 154 valence electrons. The molecule has 1 aliphatic carbocycles. The van der Waals surface area contributed by atoms with E-state index >= 15 is 0 Å². The summed E-state index contributed by atoms with van der Waals surface area (Å²) in [5.41, 5.74) is 1.15. The van der Waals surface area contributed by atoms with Crippen molar-refractivity contribution in [1.82, 2.24) is 15.3 Å². The van der Waals surface area contributed by atoms with Gasteiger partial charge in [-0.1, -0.05) is 12.1 Å². The van der Waals surface area contributed by atoms with Gasteiger partial charge in [-0.05, 0) is 38.8 Å². The Morgan fingerprint density at radius 1 is 1.24 bits per heavy atom. The van der Waals surface area contributed by atoms with Crippen molar-refractivity contribution in [2.45, 2.75) is 38.5 Å². The molecule has 0 saturated heterocycles. The van der Waals surface area contributed by atoms with Crippen molar-refractivity contribution in [3.8, 4) is 11.5 Å². The van der Waals surface area contributed by atoms with Crippen LogP contribution in [0.15, 0.2) is 35.0 Å². The fourth-order valence-corrected chi connectivity index (χ4v) is 3.28. The number of nitrogens with one attached hydrogen (secondary N) is 2. The molecular weight excluding hydrogens is 372 g/mol. The second kappa shape index (κ2) is 7.88. The first kappa shape index (κ1) is 19.5. The van der Waals surface area contributed by atoms with E-state index in [1.54, 1.807) is 7.11 Å². The Labute approximate surface area is 169 Å². The summed E-state index contributed by atoms with van der Waals surface area (Å²) in [7, 11) is 1.60. The van der Waals surface area contributed by atoms with Crippen molar-refractivity contribution in [3.05, 3.63) is 41.9 Å². The second-order valence-electron chi connectivity index (χ2n) is 7.52. The van der Waals surface area contributed by atoms with Gasteiger partial charge in [0.15, 0.2) is 11.5 Å². The number of aliphatic hydroxyl groups is 1. The minimum Gasteiger partial charge on any atom is -0.493 e. The van der Waals surface area contributed by atoms with Gasteiger partial charge in [0.1, 0.15) is 30.7 Å². The maximum Gasteiger partial charge on any atom is 0.231 e. The molecule has 29 heavy (non-hydrogen) atoms. The third-order valence-electron chi connectivity index (χ3n) is 5.17. The Bertz CT molecular complexity index is 1000. The molecule has 1 atom stereocenters. The van der Waals surface area contributed by atoms with Gasteiger partial charge in [0, 0.05) is 17.6 Å². The lowest BCUT2D eigenvalue weighted by Gasteiger charge is -2.16. The molecule has 8 nitrogen and oxygen atoms in total. The summed E-state index contributed by atoms with van der Waals surface area (Å²) in [6.07, 6.45) is 2.72. The topological polar surface area (TPSA) is 102 Å². The number of hydrogen-bond acceptors (Lipinski definition) is 8. The van der Waals surface area contributed by atoms with Gasteiger partial charge in [-0.2, -0.15) is 0 Å². The Hall–Kier alpha value is -2.84. The van der Waals surface area contributed by atoms with Crippen molar-refractivity contribution in [3.63, 3.8) is 0 Å². The van der Waals surface area contributed by atoms with Gasteiger partial charge < -0.3 is 24.3 Å². The highest BCUT2D eigenvalue weighted by Gasteiger charge is 2.38. The minimum atomic E-state index is -0.934. The number of nitrogens with zero attached hydrogens (tertiary/aromatic N) is 2. The van der Waals surface area contributed by atoms with Crippen molar-refractivity contribution in [2.24, 2.45) is 0 Å². The van der Waals surface area contributed by atoms with Crippen LogP contribution in [-0.2, 0) is 0 Å². The van der Waals surface area contributed by atoms with Crippen LogP contribution >= 0.6 is 0 Å². The molecule has 3 aromatic rings. The number of para-hydroxylation sites is 2. The predicted octanol–water partition coefficient (Wildman–Crippen LogP) is 3.16. The van der Waals surface area contributed by atoms with E-state index in [9.17, 15) is 5.11 Å². The van der Waals surface area contributed by atoms with Gasteiger partial charge in [0.25, 0.3) is 0 Å². The molecule has 2 aromatic heterocycles. The van der Waals surface area contributed by atoms with Crippen LogP contribution in [0.4, 0.5) is 5.82 Å². The molecule has 1 saturated carbocycles. The van der Waals surface area contributed by atoms with E-state index in [0.29, 0.717) is 52.9 Å². The molecule has 1 aliphatic rings. The summed E-state index contributed by atoms with van der Waals surface area (Å²) in [5.74, 6) is 2.63. The number of hydrogen-bond donors (Lipinski definition) is 3. The average Bonchev–Trinajstić information content (AvgIpc) is 3.33. The number of methoxy groups -OCH3 is 1. The summed E-state index contributed by atoms with van der Waals surface area (Å²) in [6, 6.07) is 7.45. The fraction of sp³-hybridized carbons (Fsp3) is 0.429. The fourth-order valence-electron chi connectivity index (χ4n) is 3.28. The predicted molar refractivity (Wildman–Crippen MR) is 109 cm³/mol. The third-order valence-corrected chi connectivity index (χ3v) is 5.17. The van der Waals surface area contributed by atoms with Crippen LogP contribution < -0.4 is 20.1 Å². The third kappa shape index (κ3) is 4.13. The zero-order valence-corrected chi connectivity index (χ0v) is 16.9. The van der Waals surface area contributed by atoms with Crippen molar-refractivity contribution >= 4 is 16.9 Å². The molecule has 0 bridgehead atoms. The van der Waals surface area contributed by atoms with Crippen LogP contribution in [0.2, 0.25) is 0 Å². The van der Waals surface area contributed by atoms with Crippen molar-refractivity contribution < 1.29 is 19.0 Å². The number of anilines is 1. The van der Waals surface area contributed by atoms with Gasteiger partial charge in [-0.3, -0.25) is 5.32 Å². The Morgan fingerprint density at radius 3 is 2.72 bits per heavy atom. The molecule has 1 fully saturated rings. The molecule has 3 N–H and O–H groups in total. The summed E-state index contributed by atoms with van der Waals surface area (Å²) >= 11 is 0. The average molecular weight is 398 g/mol. The Balaban J connectivity index is 1.45. The molecule has 1 unspecified atom stereocenters. The number of rotatable bonds is 9. The molecule has 2 heterocycles. The smallest absolute Gasteiger partial charge is 0.231 e. The van der Waals surface area contributed by atoms with E-state index in [4.69, 9.17) is 13.9 Å². The van der Waals surface area contributed by atoms with E-state index in [0.717, 1.165) is 12.8 Å². The highest BCUT2D eigenvalue weighted by atomic mass is 16.5. The van der Waals surface area contributed by atoms with Crippen LogP contribution in [0, 0.1) is 6.92 Å². The molecule has 4 rings (SSSR count). The van der Waals surface area contributed by atoms with E-state index in [1.807, 2.05) is 31.2 Å². The maximum absolute atomic E-state index is 10.8. The second-order valence-corrected chi connectivity index (χ2v) is 7.52. The molecule has 0 aliphatic heterocycles. The molecule has 1 aromatic carbocycles. The first-order valence-corrected chi connectivity index (χ1v) is 9.70. The number of fused-ring (bicyclic) bond motifs is 1. The van der Waals surface area contributed by atoms with Gasteiger partial charge in [-0.25, -0.2) is 9.97 Å². The van der Waals surface area contributed by atoms with Crippen LogP contribution in [0.5, 0.6) is 11.5 Å². The zero-order chi connectivity index (χ0) is 20.4. The lowest BCUT2D eigenvalue weighted by atomic mass is 10.1. The van der Waals surface area contributed by atoms with Crippen LogP contribution in [0.3, 0.4) is 0 Å². The van der Waals surface area contributed by atoms with E-state index in [-0.39, 0.29) is 5.54 Å². The standard InChI is InChI=1S/C21H26N4O4/c1-13-16(17-18(25-21(2)8-9-21)23-12-24-20(17)29-13)19(26)22-10-11-28-15-7-5-4-6-14(15)27-3/h4-7,12,19,22,26H,8-11H2,1-3H3,(H,23,24,25). The highest BCUT2D eigenvalue weighted by Crippen LogP contribution is 2.41. The summed E-state index contributed by atoms with van der Waals surface area (Å²) in [5, 5.41) is 18.0. The number of furan rings is 1. The highest BCUT2D eigenvalue weighted by molar-refractivity contribution is 5.90. The number of aromatic nitrogens is 2. The lowest BCUT2D eigenvalue weighted by Crippen LogP contribution is -2.26. The molecule has 8 heteroatoms. The van der Waals surface area contributed by atoms with Gasteiger partial charge >= 0.3 is 0 Å². The number of aryl methyl sites for hydroxylation is 1. The van der Waals surface area contributed by atoms with Gasteiger partial charge in [-0.15, -0.1) is 0 Å². The summed E-state index contributed by atoms with van der Waals surface area (Å²) in [6.45, 7) is 4.76. The van der Waals surface area contributed by atoms with Crippen molar-refractivity contribution in [2.75, 3.05) is 25.6 Å². The summed E-state index contributed by atoms with van der Waals surface area (Å²) in [4.78, 5) is 8.60. The Morgan fingerprint density at radius 2 is 2.00 bits per heavy atom. The van der Waals surface area contributed by atoms with E-state index < -0.39 is 6.23 Å². The molecular formula is C21H26N4O4. The largest absolute Gasteiger partial charge is 0.493 e. The van der Waals surface area contributed by atoms with E-state index in [2.05, 4.69) is 27.5 Å². The van der Waals surface area contributed by atoms with Crippen LogP contribution in [0.25, 0.3) is 11.1 Å². The SMILES string of the molecule is COc1ccccc1OCCNC(O)c1c(C)oc2ncnc(NC3(C)CC3)c12. The summed E-state index contributed by atoms with van der Waals surface area (Å²) < 4.78 is 16.8. The monoisotopic (exact) mass is 398 g/mol. The first-order chi connectivity index (χ1) is 14.0. The normalized spacial score (nSPS) is 15.9. The van der Waals surface area contributed by atoms with Gasteiger partial charge in [0.2, 0.25) is 5.71 Å². The number of benzene rings is 1. The quantitative estimate of drug-likeness (QED) is 0.373. The zero-order valence-electron chi connectivity index (χ0n) is 16.9. The molecule has 0 radical (unpaired) electrons. The van der Waals surface area contributed by atoms with E-state index in [1.165, 1.54) is 6.33 Å². The minimum absolute atomic E-state index is 0.0463. The molecule has 0 amide bonds.